The average Bonchev–Trinajstić information content (AvgIpc) is 2.41. The first-order valence-corrected chi connectivity index (χ1v) is 6.99. The predicted molar refractivity (Wildman–Crippen MR) is 79.5 cm³/mol. The zero-order valence-corrected chi connectivity index (χ0v) is 11.9. The minimum Gasteiger partial charge on any atom is -0.309 e. The summed E-state index contributed by atoms with van der Waals surface area (Å²) in [6.07, 6.45) is 4.67. The third-order valence-corrected chi connectivity index (χ3v) is 3.18. The van der Waals surface area contributed by atoms with Crippen LogP contribution < -0.4 is 5.32 Å². The van der Waals surface area contributed by atoms with Crippen LogP contribution in [0.1, 0.15) is 57.2 Å². The van der Waals surface area contributed by atoms with E-state index in [1.165, 1.54) is 30.4 Å². The maximum atomic E-state index is 3.49. The Labute approximate surface area is 112 Å². The summed E-state index contributed by atoms with van der Waals surface area (Å²) in [6, 6.07) is 9.41. The van der Waals surface area contributed by atoms with Crippen molar-refractivity contribution in [1.29, 1.82) is 0 Å². The van der Waals surface area contributed by atoms with Crippen molar-refractivity contribution in [1.82, 2.24) is 5.32 Å². The van der Waals surface area contributed by atoms with Crippen LogP contribution >= 0.6 is 0 Å². The first kappa shape index (κ1) is 14.8. The maximum absolute atomic E-state index is 3.49. The van der Waals surface area contributed by atoms with E-state index in [0.29, 0.717) is 6.04 Å². The van der Waals surface area contributed by atoms with E-state index in [1.807, 2.05) is 6.92 Å². The second-order valence-electron chi connectivity index (χ2n) is 4.70. The van der Waals surface area contributed by atoms with E-state index in [2.05, 4.69) is 55.3 Å². The van der Waals surface area contributed by atoms with E-state index in [9.17, 15) is 0 Å². The molecule has 0 heterocycles. The van der Waals surface area contributed by atoms with Crippen molar-refractivity contribution in [2.45, 2.75) is 52.5 Å². The highest BCUT2D eigenvalue weighted by Gasteiger charge is 2.03. The fourth-order valence-electron chi connectivity index (χ4n) is 1.95. The van der Waals surface area contributed by atoms with Gasteiger partial charge >= 0.3 is 0 Å². The lowest BCUT2D eigenvalue weighted by molar-refractivity contribution is 0.584. The molecule has 0 bridgehead atoms. The number of nitrogens with one attached hydrogen (secondary N) is 1. The molecule has 1 atom stereocenters. The molecule has 0 radical (unpaired) electrons. The fourth-order valence-corrected chi connectivity index (χ4v) is 1.95. The molecule has 0 aliphatic carbocycles. The Morgan fingerprint density at radius 1 is 1.22 bits per heavy atom. The monoisotopic (exact) mass is 243 g/mol. The summed E-state index contributed by atoms with van der Waals surface area (Å²) in [5.74, 6) is 5.99. The van der Waals surface area contributed by atoms with Gasteiger partial charge in [-0.3, -0.25) is 0 Å². The Bertz CT molecular complexity index is 380. The Morgan fingerprint density at radius 3 is 2.56 bits per heavy atom. The predicted octanol–water partition coefficient (Wildman–Crippen LogP) is 4.09. The van der Waals surface area contributed by atoms with Crippen molar-refractivity contribution in [3.8, 4) is 11.8 Å². The number of unbranched alkanes of at least 4 members (excludes halogenated alkanes) is 1. The molecule has 1 N–H and O–H groups in total. The highest BCUT2D eigenvalue weighted by atomic mass is 14.9. The van der Waals surface area contributed by atoms with Gasteiger partial charge in [0.05, 0.1) is 0 Å². The molecular formula is C17H25N. The van der Waals surface area contributed by atoms with Gasteiger partial charge in [-0.25, -0.2) is 0 Å². The smallest absolute Gasteiger partial charge is 0.0292 e. The lowest BCUT2D eigenvalue weighted by atomic mass is 10.0. The van der Waals surface area contributed by atoms with Crippen LogP contribution in [0.2, 0.25) is 0 Å². The lowest BCUT2D eigenvalue weighted by Crippen LogP contribution is -2.19. The van der Waals surface area contributed by atoms with Crippen molar-refractivity contribution in [3.63, 3.8) is 0 Å². The number of hydrogen-bond donors (Lipinski definition) is 1. The van der Waals surface area contributed by atoms with E-state index in [0.717, 1.165) is 13.0 Å². The number of rotatable bonds is 7. The topological polar surface area (TPSA) is 12.0 Å². The molecule has 1 heteroatoms. The van der Waals surface area contributed by atoms with Crippen LogP contribution in [0.15, 0.2) is 24.3 Å². The molecule has 0 aromatic heterocycles. The molecule has 0 saturated carbocycles. The Morgan fingerprint density at radius 2 is 1.94 bits per heavy atom. The average molecular weight is 243 g/mol. The minimum absolute atomic E-state index is 0.406. The van der Waals surface area contributed by atoms with Gasteiger partial charge in [-0.05, 0) is 37.8 Å². The van der Waals surface area contributed by atoms with Gasteiger partial charge < -0.3 is 5.32 Å². The van der Waals surface area contributed by atoms with Gasteiger partial charge in [-0.15, -0.1) is 11.8 Å². The first-order chi connectivity index (χ1) is 8.77. The highest BCUT2D eigenvalue weighted by molar-refractivity contribution is 5.24. The van der Waals surface area contributed by atoms with E-state index >= 15 is 0 Å². The normalized spacial score (nSPS) is 11.7. The van der Waals surface area contributed by atoms with Gasteiger partial charge in [0.25, 0.3) is 0 Å². The largest absolute Gasteiger partial charge is 0.309 e. The molecule has 1 aromatic rings. The fraction of sp³-hybridized carbons (Fsp3) is 0.529. The molecule has 0 fully saturated rings. The molecule has 1 aromatic carbocycles. The molecule has 0 saturated heterocycles. The standard InChI is InChI=1S/C17H25N/c1-4-6-8-14-18-15(3)17-12-10-16(11-13-17)9-7-5-2/h10-13,15,18H,5,7-9,14H2,1-3H3. The molecule has 1 rings (SSSR count). The molecule has 0 spiro atoms. The number of aryl methyl sites for hydroxylation is 1. The van der Waals surface area contributed by atoms with E-state index < -0.39 is 0 Å². The minimum atomic E-state index is 0.406. The van der Waals surface area contributed by atoms with Gasteiger partial charge in [-0.2, -0.15) is 0 Å². The highest BCUT2D eigenvalue weighted by Crippen LogP contribution is 2.14. The van der Waals surface area contributed by atoms with E-state index in [1.54, 1.807) is 0 Å². The van der Waals surface area contributed by atoms with Gasteiger partial charge in [0.1, 0.15) is 0 Å². The van der Waals surface area contributed by atoms with E-state index in [4.69, 9.17) is 0 Å². The summed E-state index contributed by atoms with van der Waals surface area (Å²) in [6.45, 7) is 7.29. The zero-order chi connectivity index (χ0) is 13.2. The van der Waals surface area contributed by atoms with Crippen molar-refractivity contribution in [3.05, 3.63) is 35.4 Å². The summed E-state index contributed by atoms with van der Waals surface area (Å²) < 4.78 is 0. The van der Waals surface area contributed by atoms with Crippen LogP contribution in [0.4, 0.5) is 0 Å². The quantitative estimate of drug-likeness (QED) is 0.562. The summed E-state index contributed by atoms with van der Waals surface area (Å²) in [4.78, 5) is 0. The van der Waals surface area contributed by atoms with Crippen molar-refractivity contribution in [2.75, 3.05) is 6.54 Å². The third kappa shape index (κ3) is 5.38. The van der Waals surface area contributed by atoms with Crippen molar-refractivity contribution >= 4 is 0 Å². The van der Waals surface area contributed by atoms with Crippen LogP contribution in [0.5, 0.6) is 0 Å². The van der Waals surface area contributed by atoms with E-state index in [-0.39, 0.29) is 0 Å². The Kier molecular flexibility index (Phi) is 7.22. The van der Waals surface area contributed by atoms with Crippen LogP contribution in [-0.4, -0.2) is 6.54 Å². The molecule has 0 aliphatic rings. The third-order valence-electron chi connectivity index (χ3n) is 3.18. The van der Waals surface area contributed by atoms with Gasteiger partial charge in [-0.1, -0.05) is 37.6 Å². The molecule has 1 nitrogen and oxygen atoms in total. The number of hydrogen-bond acceptors (Lipinski definition) is 1. The van der Waals surface area contributed by atoms with Crippen LogP contribution in [0.3, 0.4) is 0 Å². The van der Waals surface area contributed by atoms with Crippen LogP contribution in [-0.2, 0) is 6.42 Å². The molecule has 0 amide bonds. The van der Waals surface area contributed by atoms with Gasteiger partial charge in [0.2, 0.25) is 0 Å². The van der Waals surface area contributed by atoms with Crippen LogP contribution in [0, 0.1) is 11.8 Å². The Balaban J connectivity index is 2.42. The molecule has 98 valence electrons. The molecule has 18 heavy (non-hydrogen) atoms. The zero-order valence-electron chi connectivity index (χ0n) is 11.9. The number of benzene rings is 1. The Hall–Kier alpha value is -1.26. The summed E-state index contributed by atoms with van der Waals surface area (Å²) in [5.41, 5.74) is 2.81. The van der Waals surface area contributed by atoms with Gasteiger partial charge in [0, 0.05) is 19.0 Å². The lowest BCUT2D eigenvalue weighted by Gasteiger charge is -2.13. The first-order valence-electron chi connectivity index (χ1n) is 6.99. The second kappa shape index (κ2) is 8.78. The van der Waals surface area contributed by atoms with Gasteiger partial charge in [0.15, 0.2) is 0 Å². The maximum Gasteiger partial charge on any atom is 0.0292 e. The molecular weight excluding hydrogens is 218 g/mol. The summed E-state index contributed by atoms with van der Waals surface area (Å²) in [5, 5.41) is 3.49. The van der Waals surface area contributed by atoms with Crippen LogP contribution in [0.25, 0.3) is 0 Å². The van der Waals surface area contributed by atoms with Crippen molar-refractivity contribution < 1.29 is 0 Å². The molecule has 1 unspecified atom stereocenters. The summed E-state index contributed by atoms with van der Waals surface area (Å²) >= 11 is 0. The second-order valence-corrected chi connectivity index (χ2v) is 4.70. The molecule has 0 aliphatic heterocycles. The van der Waals surface area contributed by atoms with Crippen molar-refractivity contribution in [2.24, 2.45) is 0 Å². The summed E-state index contributed by atoms with van der Waals surface area (Å²) in [7, 11) is 0. The SMILES string of the molecule is CC#CCCNC(C)c1ccc(CCCC)cc1.